The smallest absolute Gasteiger partial charge is 0.351 e. The minimum absolute atomic E-state index is 0.136. The van der Waals surface area contributed by atoms with Crippen molar-refractivity contribution in [3.05, 3.63) is 0 Å². The molecule has 0 amide bonds. The molecular weight excluding hydrogens is 356 g/mol. The van der Waals surface area contributed by atoms with Gasteiger partial charge in [-0.25, -0.2) is 0 Å². The summed E-state index contributed by atoms with van der Waals surface area (Å²) in [5, 5.41) is 0. The highest BCUT2D eigenvalue weighted by atomic mass is 28.4. The summed E-state index contributed by atoms with van der Waals surface area (Å²) in [6, 6.07) is 0. The summed E-state index contributed by atoms with van der Waals surface area (Å²) in [7, 11) is -3.49. The highest BCUT2D eigenvalue weighted by molar-refractivity contribution is 6.53. The SMILES string of the molecule is CCOC(OCC)(OCC)C(C)(C)O[Si](OCC)(OC(C)C)OC(C)C. The van der Waals surface area contributed by atoms with Crippen LogP contribution in [0.3, 0.4) is 0 Å². The largest absolute Gasteiger partial charge is 0.680 e. The third kappa shape index (κ3) is 7.51. The molecule has 26 heavy (non-hydrogen) atoms. The monoisotopic (exact) mass is 396 g/mol. The van der Waals surface area contributed by atoms with E-state index < -0.39 is 20.6 Å². The van der Waals surface area contributed by atoms with Crippen molar-refractivity contribution >= 4 is 9.05 Å². The van der Waals surface area contributed by atoms with Gasteiger partial charge in [0.25, 0.3) is 0 Å². The first-order valence-corrected chi connectivity index (χ1v) is 11.3. The molecule has 0 aliphatic rings. The van der Waals surface area contributed by atoms with E-state index >= 15 is 0 Å². The highest BCUT2D eigenvalue weighted by Crippen LogP contribution is 2.36. The van der Waals surface area contributed by atoms with Crippen LogP contribution in [0.1, 0.15) is 69.2 Å². The lowest BCUT2D eigenvalue weighted by atomic mass is 10.1. The predicted octanol–water partition coefficient (Wildman–Crippen LogP) is 3.87. The molecule has 0 fully saturated rings. The molecule has 0 unspecified atom stereocenters. The first-order valence-electron chi connectivity index (χ1n) is 9.65. The molecule has 7 nitrogen and oxygen atoms in total. The Kier molecular flexibility index (Phi) is 11.7. The fraction of sp³-hybridized carbons (Fsp3) is 1.00. The quantitative estimate of drug-likeness (QED) is 0.307. The Morgan fingerprint density at radius 2 is 1.08 bits per heavy atom. The summed E-state index contributed by atoms with van der Waals surface area (Å²) in [5.74, 6) is -1.40. The third-order valence-corrected chi connectivity index (χ3v) is 6.12. The highest BCUT2D eigenvalue weighted by Gasteiger charge is 2.59. The normalized spacial score (nSPS) is 13.8. The summed E-state index contributed by atoms with van der Waals surface area (Å²) < 4.78 is 42.1. The maximum Gasteiger partial charge on any atom is 0.680 e. The molecule has 0 saturated heterocycles. The van der Waals surface area contributed by atoms with E-state index in [0.29, 0.717) is 26.4 Å². The van der Waals surface area contributed by atoms with Crippen molar-refractivity contribution in [3.8, 4) is 0 Å². The van der Waals surface area contributed by atoms with E-state index in [9.17, 15) is 0 Å². The van der Waals surface area contributed by atoms with Crippen LogP contribution >= 0.6 is 0 Å². The number of hydrogen-bond donors (Lipinski definition) is 0. The summed E-state index contributed by atoms with van der Waals surface area (Å²) in [6.07, 6.45) is -0.271. The van der Waals surface area contributed by atoms with Crippen LogP contribution < -0.4 is 0 Å². The fourth-order valence-corrected chi connectivity index (χ4v) is 5.12. The Balaban J connectivity index is 5.95. The second kappa shape index (κ2) is 11.7. The van der Waals surface area contributed by atoms with Crippen LogP contribution in [0.2, 0.25) is 0 Å². The molecule has 0 aliphatic carbocycles. The molecule has 0 saturated carbocycles. The summed E-state index contributed by atoms with van der Waals surface area (Å²) in [6.45, 7) is 20.4. The van der Waals surface area contributed by atoms with Crippen LogP contribution in [0.25, 0.3) is 0 Å². The van der Waals surface area contributed by atoms with Crippen LogP contribution in [0.5, 0.6) is 0 Å². The Hall–Kier alpha value is -0.0631. The van der Waals surface area contributed by atoms with Crippen LogP contribution in [-0.2, 0) is 31.9 Å². The summed E-state index contributed by atoms with van der Waals surface area (Å²) >= 11 is 0. The standard InChI is InChI=1S/C18H40O7Si/c1-11-19-18(20-12-2,21-13-3)17(9,10)25-26(22-14-4,23-15(5)6)24-16(7)8/h15-16H,11-14H2,1-10H3. The minimum Gasteiger partial charge on any atom is -0.351 e. The van der Waals surface area contributed by atoms with Crippen LogP contribution in [0.4, 0.5) is 0 Å². The van der Waals surface area contributed by atoms with Gasteiger partial charge in [0, 0.05) is 38.6 Å². The van der Waals surface area contributed by atoms with Gasteiger partial charge < -0.3 is 31.9 Å². The zero-order valence-corrected chi connectivity index (χ0v) is 19.3. The molecule has 0 aromatic rings. The lowest BCUT2D eigenvalue weighted by Crippen LogP contribution is -2.65. The van der Waals surface area contributed by atoms with E-state index in [2.05, 4.69) is 0 Å². The topological polar surface area (TPSA) is 64.6 Å². The first-order chi connectivity index (χ1) is 12.0. The number of hydrogen-bond acceptors (Lipinski definition) is 7. The average molecular weight is 397 g/mol. The molecule has 0 heterocycles. The van der Waals surface area contributed by atoms with Crippen LogP contribution in [-0.4, -0.2) is 59.3 Å². The molecule has 0 aromatic carbocycles. The van der Waals surface area contributed by atoms with Crippen molar-refractivity contribution in [1.29, 1.82) is 0 Å². The predicted molar refractivity (Wildman–Crippen MR) is 103 cm³/mol. The molecule has 0 N–H and O–H groups in total. The zero-order valence-electron chi connectivity index (χ0n) is 18.3. The zero-order chi connectivity index (χ0) is 20.4. The molecule has 0 aromatic heterocycles. The lowest BCUT2D eigenvalue weighted by Gasteiger charge is -2.46. The van der Waals surface area contributed by atoms with Gasteiger partial charge in [-0.05, 0) is 69.2 Å². The van der Waals surface area contributed by atoms with E-state index in [1.54, 1.807) is 0 Å². The van der Waals surface area contributed by atoms with E-state index in [1.165, 1.54) is 0 Å². The Labute approximate surface area is 161 Å². The Bertz CT molecular complexity index is 348. The van der Waals surface area contributed by atoms with Crippen molar-refractivity contribution in [1.82, 2.24) is 0 Å². The van der Waals surface area contributed by atoms with Gasteiger partial charge in [0.05, 0.1) is 0 Å². The maximum atomic E-state index is 6.41. The first kappa shape index (κ1) is 25.9. The van der Waals surface area contributed by atoms with Crippen molar-refractivity contribution in [2.75, 3.05) is 26.4 Å². The van der Waals surface area contributed by atoms with E-state index in [1.807, 2.05) is 69.2 Å². The molecule has 0 rings (SSSR count). The van der Waals surface area contributed by atoms with Crippen molar-refractivity contribution in [3.63, 3.8) is 0 Å². The minimum atomic E-state index is -3.49. The number of ether oxygens (including phenoxy) is 3. The van der Waals surface area contributed by atoms with Gasteiger partial charge in [0.2, 0.25) is 0 Å². The third-order valence-electron chi connectivity index (χ3n) is 3.20. The summed E-state index contributed by atoms with van der Waals surface area (Å²) in [4.78, 5) is 0. The van der Waals surface area contributed by atoms with E-state index in [4.69, 9.17) is 31.9 Å². The van der Waals surface area contributed by atoms with E-state index in [0.717, 1.165) is 0 Å². The Morgan fingerprint density at radius 3 is 1.35 bits per heavy atom. The van der Waals surface area contributed by atoms with Gasteiger partial charge in [0.15, 0.2) is 0 Å². The average Bonchev–Trinajstić information content (AvgIpc) is 2.45. The molecular formula is C18H40O7Si. The van der Waals surface area contributed by atoms with Gasteiger partial charge in [-0.2, -0.15) is 0 Å². The second-order valence-electron chi connectivity index (χ2n) is 6.73. The van der Waals surface area contributed by atoms with Crippen molar-refractivity contribution < 1.29 is 31.9 Å². The fourth-order valence-electron chi connectivity index (χ4n) is 2.52. The maximum absolute atomic E-state index is 6.41. The second-order valence-corrected chi connectivity index (χ2v) is 8.70. The Morgan fingerprint density at radius 1 is 0.692 bits per heavy atom. The molecule has 8 heteroatoms. The van der Waals surface area contributed by atoms with Gasteiger partial charge in [-0.15, -0.1) is 0 Å². The molecule has 0 radical (unpaired) electrons. The van der Waals surface area contributed by atoms with Gasteiger partial charge in [0.1, 0.15) is 5.60 Å². The van der Waals surface area contributed by atoms with Crippen molar-refractivity contribution in [2.45, 2.75) is 93.0 Å². The lowest BCUT2D eigenvalue weighted by molar-refractivity contribution is -0.433. The molecule has 158 valence electrons. The molecule has 0 bridgehead atoms. The molecule has 0 atom stereocenters. The van der Waals surface area contributed by atoms with Gasteiger partial charge in [-0.1, -0.05) is 0 Å². The summed E-state index contributed by atoms with van der Waals surface area (Å²) in [5.41, 5.74) is -1.06. The van der Waals surface area contributed by atoms with Crippen molar-refractivity contribution in [2.24, 2.45) is 0 Å². The van der Waals surface area contributed by atoms with Crippen LogP contribution in [0.15, 0.2) is 0 Å². The van der Waals surface area contributed by atoms with Gasteiger partial charge in [-0.3, -0.25) is 0 Å². The molecule has 0 aliphatic heterocycles. The molecule has 0 spiro atoms. The number of rotatable bonds is 15. The van der Waals surface area contributed by atoms with E-state index in [-0.39, 0.29) is 12.2 Å². The van der Waals surface area contributed by atoms with Gasteiger partial charge >= 0.3 is 15.0 Å². The van der Waals surface area contributed by atoms with Crippen LogP contribution in [0, 0.1) is 0 Å².